The van der Waals surface area contributed by atoms with Crippen LogP contribution in [0.15, 0.2) is 29.6 Å². The summed E-state index contributed by atoms with van der Waals surface area (Å²) in [6, 6.07) is 7.22. The molecule has 2 nitrogen and oxygen atoms in total. The molecule has 3 N–H and O–H groups in total. The van der Waals surface area contributed by atoms with Crippen molar-refractivity contribution >= 4 is 11.3 Å². The first kappa shape index (κ1) is 13.7. The highest BCUT2D eigenvalue weighted by molar-refractivity contribution is 7.10. The molecule has 2 atom stereocenters. The van der Waals surface area contributed by atoms with Gasteiger partial charge in [-0.2, -0.15) is 0 Å². The summed E-state index contributed by atoms with van der Waals surface area (Å²) in [5.41, 5.74) is 6.42. The molecule has 0 fully saturated rings. The molecule has 1 aromatic heterocycles. The van der Waals surface area contributed by atoms with Gasteiger partial charge in [0.05, 0.1) is 6.04 Å². The van der Waals surface area contributed by atoms with Gasteiger partial charge in [0.25, 0.3) is 0 Å². The maximum atomic E-state index is 13.3. The first-order valence-electron chi connectivity index (χ1n) is 6.99. The highest BCUT2D eigenvalue weighted by Crippen LogP contribution is 2.42. The molecule has 2 unspecified atom stereocenters. The summed E-state index contributed by atoms with van der Waals surface area (Å²) >= 11 is 1.83. The third kappa shape index (κ3) is 2.39. The van der Waals surface area contributed by atoms with Crippen LogP contribution in [0.25, 0.3) is 0 Å². The Kier molecular flexibility index (Phi) is 3.87. The molecule has 0 aliphatic heterocycles. The molecule has 1 aliphatic carbocycles. The zero-order valence-electron chi connectivity index (χ0n) is 11.5. The summed E-state index contributed by atoms with van der Waals surface area (Å²) in [6.45, 7) is 1.94. The third-order valence-electron chi connectivity index (χ3n) is 4.25. The lowest BCUT2D eigenvalue weighted by Gasteiger charge is -2.31. The zero-order valence-corrected chi connectivity index (χ0v) is 12.3. The molecular weight excluding hydrogens is 271 g/mol. The van der Waals surface area contributed by atoms with Crippen molar-refractivity contribution in [3.8, 4) is 0 Å². The molecule has 1 aliphatic rings. The number of hydrogen-bond donors (Lipinski definition) is 2. The van der Waals surface area contributed by atoms with Crippen LogP contribution in [0.4, 0.5) is 4.39 Å². The van der Waals surface area contributed by atoms with Gasteiger partial charge < -0.3 is 0 Å². The molecule has 0 bridgehead atoms. The van der Waals surface area contributed by atoms with Gasteiger partial charge in [0.1, 0.15) is 5.82 Å². The number of nitrogens with one attached hydrogen (secondary N) is 1. The molecule has 0 saturated carbocycles. The minimum absolute atomic E-state index is 0.0456. The Morgan fingerprint density at radius 1 is 1.40 bits per heavy atom. The lowest BCUT2D eigenvalue weighted by Crippen LogP contribution is -2.34. The fourth-order valence-electron chi connectivity index (χ4n) is 3.28. The van der Waals surface area contributed by atoms with Crippen molar-refractivity contribution in [1.82, 2.24) is 5.43 Å². The number of nitrogens with two attached hydrogens (primary N) is 1. The maximum absolute atomic E-state index is 13.3. The minimum atomic E-state index is -0.193. The highest BCUT2D eigenvalue weighted by atomic mass is 32.1. The summed E-state index contributed by atoms with van der Waals surface area (Å²) in [6.07, 6.45) is 3.48. The summed E-state index contributed by atoms with van der Waals surface area (Å²) in [7, 11) is 0. The first-order chi connectivity index (χ1) is 9.70. The van der Waals surface area contributed by atoms with E-state index in [1.807, 2.05) is 24.3 Å². The Morgan fingerprint density at radius 3 is 3.00 bits per heavy atom. The van der Waals surface area contributed by atoms with Crippen LogP contribution in [-0.4, -0.2) is 0 Å². The Labute approximate surface area is 122 Å². The van der Waals surface area contributed by atoms with E-state index < -0.39 is 0 Å². The number of halogens is 1. The van der Waals surface area contributed by atoms with E-state index in [1.54, 1.807) is 6.07 Å². The smallest absolute Gasteiger partial charge is 0.123 e. The molecule has 106 valence electrons. The van der Waals surface area contributed by atoms with Crippen LogP contribution < -0.4 is 11.3 Å². The summed E-state index contributed by atoms with van der Waals surface area (Å²) in [5.74, 6) is 6.01. The van der Waals surface area contributed by atoms with Crippen molar-refractivity contribution in [2.24, 2.45) is 5.84 Å². The highest BCUT2D eigenvalue weighted by Gasteiger charge is 2.29. The van der Waals surface area contributed by atoms with Gasteiger partial charge in [0.15, 0.2) is 0 Å². The fourth-order valence-corrected chi connectivity index (χ4v) is 4.28. The van der Waals surface area contributed by atoms with Gasteiger partial charge in [-0.15, -0.1) is 11.3 Å². The largest absolute Gasteiger partial charge is 0.271 e. The van der Waals surface area contributed by atoms with E-state index in [9.17, 15) is 4.39 Å². The van der Waals surface area contributed by atoms with Crippen molar-refractivity contribution in [3.63, 3.8) is 0 Å². The lowest BCUT2D eigenvalue weighted by molar-refractivity contribution is 0.409. The van der Waals surface area contributed by atoms with E-state index in [0.717, 1.165) is 17.5 Å². The predicted molar refractivity (Wildman–Crippen MR) is 81.2 cm³/mol. The molecule has 0 radical (unpaired) electrons. The monoisotopic (exact) mass is 290 g/mol. The van der Waals surface area contributed by atoms with Crippen molar-refractivity contribution in [2.75, 3.05) is 0 Å². The van der Waals surface area contributed by atoms with E-state index in [4.69, 9.17) is 5.84 Å². The number of hydrogen-bond acceptors (Lipinski definition) is 3. The molecule has 0 saturated heterocycles. The number of aryl methyl sites for hydroxylation is 2. The standard InChI is InChI=1S/C16H19FN2S/c1-10-9-11(17)5-6-12(10)16(19-18)14-3-2-4-15-13(14)7-8-20-15/h5-9,14,16,19H,2-4,18H2,1H3. The van der Waals surface area contributed by atoms with E-state index >= 15 is 0 Å². The molecule has 20 heavy (non-hydrogen) atoms. The Hall–Kier alpha value is -1.23. The quantitative estimate of drug-likeness (QED) is 0.666. The lowest BCUT2D eigenvalue weighted by atomic mass is 9.79. The molecule has 0 amide bonds. The number of fused-ring (bicyclic) bond motifs is 1. The van der Waals surface area contributed by atoms with Crippen LogP contribution in [0.3, 0.4) is 0 Å². The molecule has 2 aromatic rings. The topological polar surface area (TPSA) is 38.0 Å². The van der Waals surface area contributed by atoms with Crippen LogP contribution >= 0.6 is 11.3 Å². The van der Waals surface area contributed by atoms with Crippen molar-refractivity contribution in [1.29, 1.82) is 0 Å². The van der Waals surface area contributed by atoms with E-state index in [2.05, 4.69) is 16.9 Å². The number of rotatable bonds is 3. The molecule has 4 heteroatoms. The van der Waals surface area contributed by atoms with Crippen molar-refractivity contribution in [3.05, 3.63) is 57.0 Å². The van der Waals surface area contributed by atoms with Crippen LogP contribution in [0.1, 0.15) is 46.4 Å². The second-order valence-electron chi connectivity index (χ2n) is 5.44. The SMILES string of the molecule is Cc1cc(F)ccc1C(NN)C1CCCc2sccc21. The number of benzene rings is 1. The average Bonchev–Trinajstić information content (AvgIpc) is 2.91. The summed E-state index contributed by atoms with van der Waals surface area (Å²) in [4.78, 5) is 1.47. The molecule has 0 spiro atoms. The van der Waals surface area contributed by atoms with Crippen LogP contribution in [0, 0.1) is 12.7 Å². The van der Waals surface area contributed by atoms with Crippen molar-refractivity contribution < 1.29 is 4.39 Å². The minimum Gasteiger partial charge on any atom is -0.271 e. The van der Waals surface area contributed by atoms with E-state index in [1.165, 1.54) is 29.3 Å². The molecule has 1 aromatic carbocycles. The summed E-state index contributed by atoms with van der Waals surface area (Å²) in [5, 5.41) is 2.16. The average molecular weight is 290 g/mol. The van der Waals surface area contributed by atoms with Gasteiger partial charge in [0, 0.05) is 10.8 Å². The normalized spacial score (nSPS) is 19.6. The Morgan fingerprint density at radius 2 is 2.25 bits per heavy atom. The van der Waals surface area contributed by atoms with Crippen LogP contribution in [0.2, 0.25) is 0 Å². The van der Waals surface area contributed by atoms with Crippen LogP contribution in [0.5, 0.6) is 0 Å². The van der Waals surface area contributed by atoms with Gasteiger partial charge in [-0.05, 0) is 66.5 Å². The second-order valence-corrected chi connectivity index (χ2v) is 6.44. The number of thiophene rings is 1. The maximum Gasteiger partial charge on any atom is 0.123 e. The Bertz CT molecular complexity index is 608. The molecule has 1 heterocycles. The van der Waals surface area contributed by atoms with E-state index in [-0.39, 0.29) is 11.9 Å². The fraction of sp³-hybridized carbons (Fsp3) is 0.375. The van der Waals surface area contributed by atoms with Gasteiger partial charge in [0.2, 0.25) is 0 Å². The summed E-state index contributed by atoms with van der Waals surface area (Å²) < 4.78 is 13.3. The van der Waals surface area contributed by atoms with Gasteiger partial charge >= 0.3 is 0 Å². The first-order valence-corrected chi connectivity index (χ1v) is 7.87. The molecular formula is C16H19FN2S. The predicted octanol–water partition coefficient (Wildman–Crippen LogP) is 3.82. The third-order valence-corrected chi connectivity index (χ3v) is 5.24. The Balaban J connectivity index is 1.99. The second kappa shape index (κ2) is 5.64. The van der Waals surface area contributed by atoms with E-state index in [0.29, 0.717) is 5.92 Å². The van der Waals surface area contributed by atoms with Gasteiger partial charge in [-0.1, -0.05) is 6.07 Å². The van der Waals surface area contributed by atoms with Crippen molar-refractivity contribution in [2.45, 2.75) is 38.1 Å². The van der Waals surface area contributed by atoms with Crippen LogP contribution in [-0.2, 0) is 6.42 Å². The van der Waals surface area contributed by atoms with Gasteiger partial charge in [-0.3, -0.25) is 11.3 Å². The molecule has 3 rings (SSSR count). The number of hydrazine groups is 1. The van der Waals surface area contributed by atoms with Gasteiger partial charge in [-0.25, -0.2) is 4.39 Å². The zero-order chi connectivity index (χ0) is 14.1.